The molecule has 27 heavy (non-hydrogen) atoms. The molecule has 0 saturated heterocycles. The van der Waals surface area contributed by atoms with Gasteiger partial charge in [-0.2, -0.15) is 0 Å². The highest BCUT2D eigenvalue weighted by Crippen LogP contribution is 2.36. The molecule has 0 unspecified atom stereocenters. The van der Waals surface area contributed by atoms with Gasteiger partial charge in [-0.3, -0.25) is 4.79 Å². The lowest BCUT2D eigenvalue weighted by atomic mass is 9.93. The predicted molar refractivity (Wildman–Crippen MR) is 109 cm³/mol. The van der Waals surface area contributed by atoms with Gasteiger partial charge in [0, 0.05) is 18.0 Å². The standard InChI is InChI=1S/C20H20Cl3NO3/c21-15-9-12(7-8-18(25)26)10-16(22)20(15)27-11-13-3-1-6-17(19(13)23)24-14-4-2-5-14/h1,3,6,9-10,14,24H,2,4-5,7-8,11H2,(H,25,26). The summed E-state index contributed by atoms with van der Waals surface area (Å²) in [5.74, 6) is -0.501. The first-order chi connectivity index (χ1) is 12.9. The highest BCUT2D eigenvalue weighted by Gasteiger charge is 2.19. The summed E-state index contributed by atoms with van der Waals surface area (Å²) < 4.78 is 5.82. The van der Waals surface area contributed by atoms with Gasteiger partial charge in [0.1, 0.15) is 6.61 Å². The van der Waals surface area contributed by atoms with Gasteiger partial charge in [-0.05, 0) is 49.4 Å². The van der Waals surface area contributed by atoms with Gasteiger partial charge in [0.2, 0.25) is 0 Å². The average Bonchev–Trinajstić information content (AvgIpc) is 2.57. The Kier molecular flexibility index (Phi) is 6.74. The van der Waals surface area contributed by atoms with E-state index in [2.05, 4.69) is 5.32 Å². The van der Waals surface area contributed by atoms with Gasteiger partial charge in [-0.15, -0.1) is 0 Å². The largest absolute Gasteiger partial charge is 0.486 e. The van der Waals surface area contributed by atoms with E-state index in [1.165, 1.54) is 6.42 Å². The van der Waals surface area contributed by atoms with Crippen LogP contribution < -0.4 is 10.1 Å². The van der Waals surface area contributed by atoms with Crippen LogP contribution in [0.1, 0.15) is 36.8 Å². The Morgan fingerprint density at radius 2 is 1.89 bits per heavy atom. The van der Waals surface area contributed by atoms with Crippen LogP contribution in [0.3, 0.4) is 0 Å². The fourth-order valence-electron chi connectivity index (χ4n) is 2.87. The van der Waals surface area contributed by atoms with Crippen LogP contribution in [0.5, 0.6) is 5.75 Å². The second-order valence-corrected chi connectivity index (χ2v) is 7.81. The molecule has 1 saturated carbocycles. The Labute approximate surface area is 173 Å². The van der Waals surface area contributed by atoms with Gasteiger partial charge in [0.25, 0.3) is 0 Å². The predicted octanol–water partition coefficient (Wildman–Crippen LogP) is 6.21. The van der Waals surface area contributed by atoms with Crippen molar-refractivity contribution in [2.24, 2.45) is 0 Å². The van der Waals surface area contributed by atoms with Crippen molar-refractivity contribution in [1.29, 1.82) is 0 Å². The summed E-state index contributed by atoms with van der Waals surface area (Å²) in [5, 5.41) is 13.6. The molecule has 0 atom stereocenters. The van der Waals surface area contributed by atoms with Gasteiger partial charge in [0.15, 0.2) is 5.75 Å². The molecule has 1 aliphatic rings. The van der Waals surface area contributed by atoms with Crippen molar-refractivity contribution >= 4 is 46.5 Å². The average molecular weight is 429 g/mol. The van der Waals surface area contributed by atoms with Gasteiger partial charge in [-0.25, -0.2) is 0 Å². The highest BCUT2D eigenvalue weighted by atomic mass is 35.5. The molecule has 1 aliphatic carbocycles. The Morgan fingerprint density at radius 3 is 2.48 bits per heavy atom. The van der Waals surface area contributed by atoms with E-state index >= 15 is 0 Å². The molecule has 4 nitrogen and oxygen atoms in total. The van der Waals surface area contributed by atoms with E-state index in [1.807, 2.05) is 18.2 Å². The number of aryl methyl sites for hydroxylation is 1. The van der Waals surface area contributed by atoms with Crippen molar-refractivity contribution in [2.75, 3.05) is 5.32 Å². The summed E-state index contributed by atoms with van der Waals surface area (Å²) in [6, 6.07) is 9.65. The molecule has 2 aromatic carbocycles. The number of hydrogen-bond donors (Lipinski definition) is 2. The molecule has 0 aliphatic heterocycles. The van der Waals surface area contributed by atoms with E-state index in [4.69, 9.17) is 44.6 Å². The van der Waals surface area contributed by atoms with E-state index in [9.17, 15) is 4.79 Å². The molecule has 0 radical (unpaired) electrons. The molecule has 0 spiro atoms. The minimum Gasteiger partial charge on any atom is -0.486 e. The summed E-state index contributed by atoms with van der Waals surface area (Å²) in [4.78, 5) is 10.7. The fraction of sp³-hybridized carbons (Fsp3) is 0.350. The number of nitrogens with one attached hydrogen (secondary N) is 1. The lowest BCUT2D eigenvalue weighted by Crippen LogP contribution is -2.27. The highest BCUT2D eigenvalue weighted by molar-refractivity contribution is 6.37. The molecule has 0 bridgehead atoms. The maximum Gasteiger partial charge on any atom is 0.303 e. The molecule has 3 rings (SSSR count). The summed E-state index contributed by atoms with van der Waals surface area (Å²) in [6.07, 6.45) is 3.95. The lowest BCUT2D eigenvalue weighted by molar-refractivity contribution is -0.136. The number of rotatable bonds is 8. The van der Waals surface area contributed by atoms with Crippen LogP contribution in [-0.2, 0) is 17.8 Å². The second kappa shape index (κ2) is 9.05. The molecule has 0 heterocycles. The number of carboxylic acids is 1. The summed E-state index contributed by atoms with van der Waals surface area (Å²) in [6.45, 7) is 0.229. The Hall–Kier alpha value is -1.62. The number of carbonyl (C=O) groups is 1. The van der Waals surface area contributed by atoms with Crippen LogP contribution in [0.25, 0.3) is 0 Å². The third kappa shape index (κ3) is 5.22. The zero-order valence-electron chi connectivity index (χ0n) is 14.6. The molecule has 1 fully saturated rings. The van der Waals surface area contributed by atoms with Gasteiger partial charge in [0.05, 0.1) is 20.8 Å². The number of halogens is 3. The topological polar surface area (TPSA) is 58.6 Å². The molecule has 0 aromatic heterocycles. The normalized spacial score (nSPS) is 13.9. The first-order valence-corrected chi connectivity index (χ1v) is 9.94. The molecular weight excluding hydrogens is 409 g/mol. The van der Waals surface area contributed by atoms with E-state index in [-0.39, 0.29) is 13.0 Å². The minimum atomic E-state index is -0.868. The van der Waals surface area contributed by atoms with Crippen LogP contribution in [-0.4, -0.2) is 17.1 Å². The van der Waals surface area contributed by atoms with Crippen molar-refractivity contribution in [3.8, 4) is 5.75 Å². The molecule has 2 aromatic rings. The second-order valence-electron chi connectivity index (χ2n) is 6.62. The monoisotopic (exact) mass is 427 g/mol. The smallest absolute Gasteiger partial charge is 0.303 e. The molecule has 2 N–H and O–H groups in total. The summed E-state index contributed by atoms with van der Waals surface area (Å²) >= 11 is 19.1. The minimum absolute atomic E-state index is 0.0171. The first kappa shape index (κ1) is 20.1. The van der Waals surface area contributed by atoms with Crippen molar-refractivity contribution in [1.82, 2.24) is 0 Å². The van der Waals surface area contributed by atoms with Crippen molar-refractivity contribution in [2.45, 2.75) is 44.8 Å². The van der Waals surface area contributed by atoms with Crippen molar-refractivity contribution < 1.29 is 14.6 Å². The molecule has 144 valence electrons. The molecule has 0 amide bonds. The Morgan fingerprint density at radius 1 is 1.19 bits per heavy atom. The quantitative estimate of drug-likeness (QED) is 0.525. The zero-order chi connectivity index (χ0) is 19.4. The summed E-state index contributed by atoms with van der Waals surface area (Å²) in [5.41, 5.74) is 2.50. The van der Waals surface area contributed by atoms with Gasteiger partial charge < -0.3 is 15.2 Å². The lowest BCUT2D eigenvalue weighted by Gasteiger charge is -2.28. The van der Waals surface area contributed by atoms with E-state index in [0.29, 0.717) is 33.3 Å². The number of ether oxygens (including phenoxy) is 1. The van der Waals surface area contributed by atoms with Crippen LogP contribution in [0, 0.1) is 0 Å². The third-order valence-electron chi connectivity index (χ3n) is 4.60. The maximum atomic E-state index is 10.7. The number of carboxylic acid groups (broad SMARTS) is 1. The first-order valence-electron chi connectivity index (χ1n) is 8.80. The van der Waals surface area contributed by atoms with E-state index in [0.717, 1.165) is 29.7 Å². The Balaban J connectivity index is 1.69. The maximum absolute atomic E-state index is 10.7. The van der Waals surface area contributed by atoms with Crippen LogP contribution >= 0.6 is 34.8 Å². The number of anilines is 1. The fourth-order valence-corrected chi connectivity index (χ4v) is 3.75. The number of aliphatic carboxylic acids is 1. The zero-order valence-corrected chi connectivity index (χ0v) is 16.9. The van der Waals surface area contributed by atoms with Crippen LogP contribution in [0.4, 0.5) is 5.69 Å². The van der Waals surface area contributed by atoms with Gasteiger partial charge >= 0.3 is 5.97 Å². The van der Waals surface area contributed by atoms with E-state index in [1.54, 1.807) is 12.1 Å². The van der Waals surface area contributed by atoms with E-state index < -0.39 is 5.97 Å². The molecular formula is C20H20Cl3NO3. The molecule has 7 heteroatoms. The summed E-state index contributed by atoms with van der Waals surface area (Å²) in [7, 11) is 0. The number of benzene rings is 2. The van der Waals surface area contributed by atoms with Crippen LogP contribution in [0.15, 0.2) is 30.3 Å². The SMILES string of the molecule is O=C(O)CCc1cc(Cl)c(OCc2cccc(NC3CCC3)c2Cl)c(Cl)c1. The van der Waals surface area contributed by atoms with Gasteiger partial charge in [-0.1, -0.05) is 46.9 Å². The number of hydrogen-bond acceptors (Lipinski definition) is 3. The van der Waals surface area contributed by atoms with Crippen molar-refractivity contribution in [3.63, 3.8) is 0 Å². The third-order valence-corrected chi connectivity index (χ3v) is 5.61. The van der Waals surface area contributed by atoms with Crippen molar-refractivity contribution in [3.05, 3.63) is 56.5 Å². The van der Waals surface area contributed by atoms with Crippen LogP contribution in [0.2, 0.25) is 15.1 Å². The Bertz CT molecular complexity index is 814.